The molecule has 2 aliphatic rings. The number of halogens is 4. The summed E-state index contributed by atoms with van der Waals surface area (Å²) in [4.78, 5) is 17.9. The molecular weight excluding hydrogens is 510 g/mol. The summed E-state index contributed by atoms with van der Waals surface area (Å²) in [5.74, 6) is 1.02. The van der Waals surface area contributed by atoms with Gasteiger partial charge in [-0.25, -0.2) is 19.3 Å². The van der Waals surface area contributed by atoms with Crippen LogP contribution in [0.25, 0.3) is 16.8 Å². The van der Waals surface area contributed by atoms with E-state index in [0.717, 1.165) is 81.1 Å². The van der Waals surface area contributed by atoms with Gasteiger partial charge in [0.1, 0.15) is 29.6 Å². The van der Waals surface area contributed by atoms with E-state index in [9.17, 15) is 17.6 Å². The first-order chi connectivity index (χ1) is 18.6. The van der Waals surface area contributed by atoms with Gasteiger partial charge in [-0.2, -0.15) is 13.2 Å². The number of hydrogen-bond donors (Lipinski definition) is 1. The summed E-state index contributed by atoms with van der Waals surface area (Å²) in [5, 5.41) is 0. The van der Waals surface area contributed by atoms with E-state index in [1.54, 1.807) is 6.20 Å². The lowest BCUT2D eigenvalue weighted by atomic mass is 9.95. The maximum atomic E-state index is 13.9. The Balaban J connectivity index is 1.41. The Morgan fingerprint density at radius 3 is 2.56 bits per heavy atom. The Labute approximate surface area is 225 Å². The predicted molar refractivity (Wildman–Crippen MR) is 144 cm³/mol. The fourth-order valence-electron chi connectivity index (χ4n) is 5.47. The van der Waals surface area contributed by atoms with Crippen LogP contribution in [0.4, 0.5) is 29.2 Å². The summed E-state index contributed by atoms with van der Waals surface area (Å²) in [6.07, 6.45) is 5.43. The molecule has 0 amide bonds. The van der Waals surface area contributed by atoms with Crippen LogP contribution >= 0.6 is 0 Å². The molecule has 1 fully saturated rings. The van der Waals surface area contributed by atoms with Crippen molar-refractivity contribution in [1.82, 2.24) is 24.4 Å². The zero-order chi connectivity index (χ0) is 27.7. The lowest BCUT2D eigenvalue weighted by molar-refractivity contribution is -0.139. The summed E-state index contributed by atoms with van der Waals surface area (Å²) in [5.41, 5.74) is 7.79. The van der Waals surface area contributed by atoms with Crippen LogP contribution in [0.1, 0.15) is 55.0 Å². The maximum Gasteiger partial charge on any atom is 0.419 e. The van der Waals surface area contributed by atoms with Crippen molar-refractivity contribution < 1.29 is 17.6 Å². The van der Waals surface area contributed by atoms with Crippen molar-refractivity contribution in [3.05, 3.63) is 59.6 Å². The van der Waals surface area contributed by atoms with Crippen LogP contribution < -0.4 is 10.6 Å². The van der Waals surface area contributed by atoms with E-state index < -0.39 is 17.6 Å². The van der Waals surface area contributed by atoms with Crippen molar-refractivity contribution in [2.24, 2.45) is 0 Å². The van der Waals surface area contributed by atoms with E-state index in [-0.39, 0.29) is 11.5 Å². The zero-order valence-electron chi connectivity index (χ0n) is 22.2. The molecule has 208 valence electrons. The van der Waals surface area contributed by atoms with Crippen LogP contribution in [-0.2, 0) is 12.7 Å². The lowest BCUT2D eigenvalue weighted by Gasteiger charge is -2.34. The topological polar surface area (TPSA) is 76.1 Å². The molecule has 3 aromatic rings. The monoisotopic (exact) mass is 543 g/mol. The zero-order valence-corrected chi connectivity index (χ0v) is 22.2. The third-order valence-corrected chi connectivity index (χ3v) is 7.54. The number of rotatable bonds is 7. The summed E-state index contributed by atoms with van der Waals surface area (Å²) >= 11 is 0. The number of nitrogens with two attached hydrogens (primary N) is 1. The second-order valence-electron chi connectivity index (χ2n) is 10.5. The average Bonchev–Trinajstić information content (AvgIpc) is 3.58. The molecule has 0 atom stereocenters. The SMILES string of the molecule is CN(C)CCn1cc(-c2ccc(F)c(C(F)(F)F)c2)nc1C1CCN(c2ncnc(N)c2C2=CCCC2)CC1. The number of likely N-dealkylation sites (N-methyl/N-ethyl adjacent to an activating group) is 1. The quantitative estimate of drug-likeness (QED) is 0.392. The van der Waals surface area contributed by atoms with Crippen LogP contribution in [0.15, 0.2) is 36.8 Å². The van der Waals surface area contributed by atoms with E-state index in [1.165, 1.54) is 18.0 Å². The number of hydrogen-bond acceptors (Lipinski definition) is 6. The van der Waals surface area contributed by atoms with Crippen LogP contribution in [0, 0.1) is 5.82 Å². The van der Waals surface area contributed by atoms with Crippen molar-refractivity contribution in [2.75, 3.05) is 44.4 Å². The number of anilines is 2. The standard InChI is InChI=1S/C28H33F4N7/c1-37(2)13-14-39-16-23(20-7-8-22(29)21(15-20)28(30,31)32)36-26(39)19-9-11-38(12-10-19)27-24(18-5-3-4-6-18)25(33)34-17-35-27/h5,7-8,15-17,19H,3-4,6,9-14H2,1-2H3,(H2,33,34,35). The van der Waals surface area contributed by atoms with Crippen molar-refractivity contribution >= 4 is 17.2 Å². The van der Waals surface area contributed by atoms with Crippen molar-refractivity contribution in [3.8, 4) is 11.3 Å². The second kappa shape index (κ2) is 11.0. The Bertz CT molecular complexity index is 1350. The number of aromatic nitrogens is 4. The lowest BCUT2D eigenvalue weighted by Crippen LogP contribution is -2.35. The third-order valence-electron chi connectivity index (χ3n) is 7.54. The molecule has 0 spiro atoms. The molecule has 1 aliphatic heterocycles. The molecule has 2 N–H and O–H groups in total. The first-order valence-electron chi connectivity index (χ1n) is 13.3. The molecule has 0 unspecified atom stereocenters. The molecule has 0 radical (unpaired) electrons. The van der Waals surface area contributed by atoms with Crippen molar-refractivity contribution in [3.63, 3.8) is 0 Å². The summed E-state index contributed by atoms with van der Waals surface area (Å²) in [6.45, 7) is 2.87. The normalized spacial score (nSPS) is 16.8. The molecular formula is C28H33F4N7. The van der Waals surface area contributed by atoms with Gasteiger partial charge in [-0.3, -0.25) is 0 Å². The van der Waals surface area contributed by atoms with Crippen molar-refractivity contribution in [2.45, 2.75) is 50.7 Å². The summed E-state index contributed by atoms with van der Waals surface area (Å²) in [6, 6.07) is 3.06. The Kier molecular flexibility index (Phi) is 7.61. The first kappa shape index (κ1) is 27.1. The van der Waals surface area contributed by atoms with Gasteiger partial charge < -0.3 is 20.1 Å². The first-order valence-corrected chi connectivity index (χ1v) is 13.3. The molecule has 2 aromatic heterocycles. The number of nitrogens with zero attached hydrogens (tertiary/aromatic N) is 6. The number of nitrogen functional groups attached to an aromatic ring is 1. The fourth-order valence-corrected chi connectivity index (χ4v) is 5.47. The molecule has 1 aromatic carbocycles. The molecule has 7 nitrogen and oxygen atoms in total. The molecule has 0 saturated carbocycles. The minimum Gasteiger partial charge on any atom is -0.383 e. The summed E-state index contributed by atoms with van der Waals surface area (Å²) in [7, 11) is 3.94. The van der Waals surface area contributed by atoms with E-state index >= 15 is 0 Å². The van der Waals surface area contributed by atoms with Gasteiger partial charge in [-0.1, -0.05) is 6.08 Å². The Morgan fingerprint density at radius 2 is 1.90 bits per heavy atom. The molecule has 3 heterocycles. The van der Waals surface area contributed by atoms with Gasteiger partial charge in [0.15, 0.2) is 0 Å². The van der Waals surface area contributed by atoms with Gasteiger partial charge in [0, 0.05) is 43.9 Å². The minimum atomic E-state index is -4.78. The number of imidazole rings is 1. The summed E-state index contributed by atoms with van der Waals surface area (Å²) < 4.78 is 56.0. The Hall–Kier alpha value is -3.47. The average molecular weight is 544 g/mol. The fraction of sp³-hybridized carbons (Fsp3) is 0.464. The van der Waals surface area contributed by atoms with Gasteiger partial charge in [-0.05, 0) is 70.0 Å². The molecule has 1 aliphatic carbocycles. The van der Waals surface area contributed by atoms with Crippen molar-refractivity contribution in [1.29, 1.82) is 0 Å². The van der Waals surface area contributed by atoms with Gasteiger partial charge in [0.05, 0.1) is 16.8 Å². The van der Waals surface area contributed by atoms with Gasteiger partial charge in [0.25, 0.3) is 0 Å². The Morgan fingerprint density at radius 1 is 1.13 bits per heavy atom. The number of piperidine rings is 1. The molecule has 11 heteroatoms. The number of allylic oxidation sites excluding steroid dienone is 2. The minimum absolute atomic E-state index is 0.119. The van der Waals surface area contributed by atoms with Crippen LogP contribution in [-0.4, -0.2) is 58.1 Å². The number of alkyl halides is 3. The molecule has 5 rings (SSSR count). The second-order valence-corrected chi connectivity index (χ2v) is 10.5. The highest BCUT2D eigenvalue weighted by atomic mass is 19.4. The molecule has 39 heavy (non-hydrogen) atoms. The van der Waals surface area contributed by atoms with E-state index in [1.807, 2.05) is 23.6 Å². The van der Waals surface area contributed by atoms with Crippen LogP contribution in [0.3, 0.4) is 0 Å². The number of benzene rings is 1. The highest BCUT2D eigenvalue weighted by Crippen LogP contribution is 2.39. The van der Waals surface area contributed by atoms with Crippen LogP contribution in [0.2, 0.25) is 0 Å². The van der Waals surface area contributed by atoms with E-state index in [4.69, 9.17) is 10.7 Å². The maximum absolute atomic E-state index is 13.9. The third kappa shape index (κ3) is 5.78. The molecule has 1 saturated heterocycles. The molecule has 0 bridgehead atoms. The largest absolute Gasteiger partial charge is 0.419 e. The van der Waals surface area contributed by atoms with Gasteiger partial charge >= 0.3 is 6.18 Å². The highest BCUT2D eigenvalue weighted by Gasteiger charge is 2.35. The van der Waals surface area contributed by atoms with Gasteiger partial charge in [-0.15, -0.1) is 0 Å². The highest BCUT2D eigenvalue weighted by molar-refractivity contribution is 5.82. The van der Waals surface area contributed by atoms with E-state index in [0.29, 0.717) is 18.1 Å². The van der Waals surface area contributed by atoms with Gasteiger partial charge in [0.2, 0.25) is 0 Å². The smallest absolute Gasteiger partial charge is 0.383 e. The van der Waals surface area contributed by atoms with E-state index in [2.05, 4.69) is 20.9 Å². The van der Waals surface area contributed by atoms with Crippen LogP contribution in [0.5, 0.6) is 0 Å². The predicted octanol–water partition coefficient (Wildman–Crippen LogP) is 5.59.